The third-order valence-corrected chi connectivity index (χ3v) is 6.73. The molecule has 2 atom stereocenters. The van der Waals surface area contributed by atoms with Crippen LogP contribution in [0.25, 0.3) is 0 Å². The smallest absolute Gasteiger partial charge is 0.332 e. The first-order chi connectivity index (χ1) is 10.1. The van der Waals surface area contributed by atoms with Gasteiger partial charge < -0.3 is 14.2 Å². The van der Waals surface area contributed by atoms with Crippen LogP contribution in [0.3, 0.4) is 0 Å². The van der Waals surface area contributed by atoms with Gasteiger partial charge in [0, 0.05) is 20.3 Å². The lowest BCUT2D eigenvalue weighted by atomic mass is 10.2. The summed E-state index contributed by atoms with van der Waals surface area (Å²) in [5.41, 5.74) is 0.938. The molecule has 7 nitrogen and oxygen atoms in total. The van der Waals surface area contributed by atoms with Crippen LogP contribution >= 0.6 is 7.60 Å². The van der Waals surface area contributed by atoms with Gasteiger partial charge in [-0.15, -0.1) is 0 Å². The standard InChI is InChI=1S/C13H22NO6PS/c1-10-5-7-12(8-6-10)22(17,18)14-11(2)13(15)9-21(16,19-3)20-4/h5-8,11,13-15H,9H2,1-4H3/t11-,13+/m0/s1. The van der Waals surface area contributed by atoms with Crippen LogP contribution in [0.2, 0.25) is 0 Å². The second-order valence-electron chi connectivity index (χ2n) is 4.95. The van der Waals surface area contributed by atoms with Crippen molar-refractivity contribution in [3.63, 3.8) is 0 Å². The molecular weight excluding hydrogens is 329 g/mol. The Labute approximate surface area is 131 Å². The van der Waals surface area contributed by atoms with E-state index < -0.39 is 29.8 Å². The molecule has 0 aliphatic rings. The molecule has 0 aromatic heterocycles. The van der Waals surface area contributed by atoms with E-state index in [-0.39, 0.29) is 11.1 Å². The minimum atomic E-state index is -3.77. The lowest BCUT2D eigenvalue weighted by molar-refractivity contribution is 0.153. The summed E-state index contributed by atoms with van der Waals surface area (Å²) in [7, 11) is -4.78. The van der Waals surface area contributed by atoms with Crippen LogP contribution in [-0.2, 0) is 23.6 Å². The Morgan fingerprint density at radius 1 is 1.23 bits per heavy atom. The molecule has 22 heavy (non-hydrogen) atoms. The van der Waals surface area contributed by atoms with Gasteiger partial charge in [-0.1, -0.05) is 17.7 Å². The molecule has 0 fully saturated rings. The van der Waals surface area contributed by atoms with Gasteiger partial charge >= 0.3 is 7.60 Å². The quantitative estimate of drug-likeness (QED) is 0.689. The molecule has 0 spiro atoms. The van der Waals surface area contributed by atoms with Gasteiger partial charge in [0.05, 0.1) is 17.2 Å². The lowest BCUT2D eigenvalue weighted by Gasteiger charge is -2.23. The van der Waals surface area contributed by atoms with E-state index in [0.29, 0.717) is 0 Å². The highest BCUT2D eigenvalue weighted by molar-refractivity contribution is 7.89. The van der Waals surface area contributed by atoms with Crippen LogP contribution in [0.5, 0.6) is 0 Å². The molecule has 126 valence electrons. The van der Waals surface area contributed by atoms with Crippen LogP contribution in [0.15, 0.2) is 29.2 Å². The first-order valence-electron chi connectivity index (χ1n) is 6.61. The monoisotopic (exact) mass is 351 g/mol. The number of rotatable bonds is 8. The summed E-state index contributed by atoms with van der Waals surface area (Å²) in [5.74, 6) is 0. The Morgan fingerprint density at radius 2 is 1.73 bits per heavy atom. The number of aliphatic hydroxyl groups is 1. The van der Waals surface area contributed by atoms with Crippen molar-refractivity contribution >= 4 is 17.6 Å². The fraction of sp³-hybridized carbons (Fsp3) is 0.538. The Morgan fingerprint density at radius 3 is 2.18 bits per heavy atom. The van der Waals surface area contributed by atoms with Gasteiger partial charge in [0.2, 0.25) is 10.0 Å². The normalized spacial score (nSPS) is 15.5. The largest absolute Gasteiger partial charge is 0.391 e. The van der Waals surface area contributed by atoms with Gasteiger partial charge in [0.15, 0.2) is 0 Å². The second kappa shape index (κ2) is 7.68. The zero-order chi connectivity index (χ0) is 17.0. The highest BCUT2D eigenvalue weighted by atomic mass is 32.2. The van der Waals surface area contributed by atoms with Gasteiger partial charge in [-0.2, -0.15) is 0 Å². The van der Waals surface area contributed by atoms with E-state index in [1.54, 1.807) is 12.1 Å². The van der Waals surface area contributed by atoms with E-state index >= 15 is 0 Å². The van der Waals surface area contributed by atoms with Crippen LogP contribution in [0, 0.1) is 6.92 Å². The van der Waals surface area contributed by atoms with E-state index in [1.807, 2.05) is 6.92 Å². The number of hydrogen-bond acceptors (Lipinski definition) is 6. The molecule has 0 heterocycles. The molecule has 0 unspecified atom stereocenters. The highest BCUT2D eigenvalue weighted by Gasteiger charge is 2.30. The van der Waals surface area contributed by atoms with Crippen molar-refractivity contribution in [1.82, 2.24) is 4.72 Å². The zero-order valence-electron chi connectivity index (χ0n) is 13.0. The van der Waals surface area contributed by atoms with Crippen molar-refractivity contribution in [3.8, 4) is 0 Å². The molecule has 9 heteroatoms. The molecule has 1 rings (SSSR count). The summed E-state index contributed by atoms with van der Waals surface area (Å²) >= 11 is 0. The van der Waals surface area contributed by atoms with E-state index in [2.05, 4.69) is 4.72 Å². The first kappa shape index (κ1) is 19.3. The predicted molar refractivity (Wildman–Crippen MR) is 83.5 cm³/mol. The van der Waals surface area contributed by atoms with Crippen LogP contribution < -0.4 is 4.72 Å². The Bertz CT molecular complexity index is 622. The SMILES string of the molecule is COP(=O)(C[C@@H](O)[C@H](C)NS(=O)(=O)c1ccc(C)cc1)OC. The van der Waals surface area contributed by atoms with Gasteiger partial charge in [-0.3, -0.25) is 4.57 Å². The number of aliphatic hydroxyl groups excluding tert-OH is 1. The average Bonchev–Trinajstić information content (AvgIpc) is 2.47. The molecule has 1 aromatic rings. The third-order valence-electron chi connectivity index (χ3n) is 3.22. The van der Waals surface area contributed by atoms with Crippen molar-refractivity contribution in [2.24, 2.45) is 0 Å². The Kier molecular flexibility index (Phi) is 6.73. The minimum Gasteiger partial charge on any atom is -0.391 e. The van der Waals surface area contributed by atoms with Crippen molar-refractivity contribution in [2.45, 2.75) is 30.9 Å². The molecule has 0 aliphatic carbocycles. The maximum absolute atomic E-state index is 12.2. The maximum Gasteiger partial charge on any atom is 0.332 e. The van der Waals surface area contributed by atoms with Crippen molar-refractivity contribution < 1.29 is 27.1 Å². The van der Waals surface area contributed by atoms with E-state index in [0.717, 1.165) is 5.56 Å². The van der Waals surface area contributed by atoms with E-state index in [4.69, 9.17) is 9.05 Å². The van der Waals surface area contributed by atoms with Gasteiger partial charge in [0.25, 0.3) is 0 Å². The molecule has 1 aromatic carbocycles. The summed E-state index contributed by atoms with van der Waals surface area (Å²) in [5, 5.41) is 10.0. The van der Waals surface area contributed by atoms with Gasteiger partial charge in [-0.25, -0.2) is 13.1 Å². The van der Waals surface area contributed by atoms with Crippen LogP contribution in [0.1, 0.15) is 12.5 Å². The van der Waals surface area contributed by atoms with Gasteiger partial charge in [0.1, 0.15) is 0 Å². The van der Waals surface area contributed by atoms with Crippen LogP contribution in [0.4, 0.5) is 0 Å². The number of benzene rings is 1. The number of hydrogen-bond donors (Lipinski definition) is 2. The summed E-state index contributed by atoms with van der Waals surface area (Å²) in [6, 6.07) is 5.46. The number of aryl methyl sites for hydroxylation is 1. The highest BCUT2D eigenvalue weighted by Crippen LogP contribution is 2.47. The first-order valence-corrected chi connectivity index (χ1v) is 9.82. The molecule has 0 saturated heterocycles. The zero-order valence-corrected chi connectivity index (χ0v) is 14.7. The van der Waals surface area contributed by atoms with Crippen molar-refractivity contribution in [2.75, 3.05) is 20.4 Å². The fourth-order valence-corrected chi connectivity index (χ4v) is 4.22. The second-order valence-corrected chi connectivity index (χ2v) is 8.98. The van der Waals surface area contributed by atoms with Crippen molar-refractivity contribution in [3.05, 3.63) is 29.8 Å². The molecule has 2 N–H and O–H groups in total. The fourth-order valence-electron chi connectivity index (χ4n) is 1.72. The summed E-state index contributed by atoms with van der Waals surface area (Å²) in [6.45, 7) is 3.33. The summed E-state index contributed by atoms with van der Waals surface area (Å²) in [4.78, 5) is 0.0961. The summed E-state index contributed by atoms with van der Waals surface area (Å²) < 4.78 is 48.2. The molecule has 0 saturated carbocycles. The predicted octanol–water partition coefficient (Wildman–Crippen LogP) is 1.51. The topological polar surface area (TPSA) is 102 Å². The minimum absolute atomic E-state index is 0.0961. The molecular formula is C13H22NO6PS. The van der Waals surface area contributed by atoms with E-state index in [9.17, 15) is 18.1 Å². The maximum atomic E-state index is 12.2. The van der Waals surface area contributed by atoms with Crippen LogP contribution in [-0.4, -0.2) is 46.1 Å². The Balaban J connectivity index is 2.80. The molecule has 0 amide bonds. The summed E-state index contributed by atoms with van der Waals surface area (Å²) in [6.07, 6.45) is -1.52. The Hall–Kier alpha value is -0.760. The molecule has 0 aliphatic heterocycles. The van der Waals surface area contributed by atoms with E-state index in [1.165, 1.54) is 33.3 Å². The molecule has 0 radical (unpaired) electrons. The third kappa shape index (κ3) is 5.15. The number of sulfonamides is 1. The average molecular weight is 351 g/mol. The lowest BCUT2D eigenvalue weighted by Crippen LogP contribution is -2.42. The van der Waals surface area contributed by atoms with Crippen molar-refractivity contribution in [1.29, 1.82) is 0 Å². The number of nitrogens with one attached hydrogen (secondary N) is 1. The molecule has 0 bridgehead atoms. The van der Waals surface area contributed by atoms with Gasteiger partial charge in [-0.05, 0) is 26.0 Å².